The van der Waals surface area contributed by atoms with E-state index in [1.807, 2.05) is 31.2 Å². The number of benzene rings is 2. The largest absolute Gasteiger partial charge is 0.321 e. The summed E-state index contributed by atoms with van der Waals surface area (Å²) in [5.41, 5.74) is 2.44. The fourth-order valence-corrected chi connectivity index (χ4v) is 1.93. The van der Waals surface area contributed by atoms with Crippen LogP contribution in [0, 0.1) is 12.7 Å². The molecular formula is C16H13ClFNO. The quantitative estimate of drug-likeness (QED) is 0.832. The van der Waals surface area contributed by atoms with Gasteiger partial charge in [0, 0.05) is 6.08 Å². The zero-order valence-corrected chi connectivity index (χ0v) is 11.6. The van der Waals surface area contributed by atoms with Crippen LogP contribution in [0.2, 0.25) is 5.02 Å². The Labute approximate surface area is 121 Å². The fraction of sp³-hybridized carbons (Fsp3) is 0.0625. The van der Waals surface area contributed by atoms with Crippen molar-refractivity contribution in [2.75, 3.05) is 5.32 Å². The molecule has 2 rings (SSSR count). The van der Waals surface area contributed by atoms with Crippen LogP contribution in [0.15, 0.2) is 48.5 Å². The number of halogens is 2. The van der Waals surface area contributed by atoms with Crippen molar-refractivity contribution in [2.24, 2.45) is 0 Å². The second kappa shape index (κ2) is 6.35. The Balaban J connectivity index is 2.05. The van der Waals surface area contributed by atoms with Crippen LogP contribution in [-0.2, 0) is 4.79 Å². The van der Waals surface area contributed by atoms with Crippen LogP contribution >= 0.6 is 11.6 Å². The second-order valence-electron chi connectivity index (χ2n) is 4.36. The van der Waals surface area contributed by atoms with E-state index in [-0.39, 0.29) is 10.9 Å². The maximum Gasteiger partial charge on any atom is 0.248 e. The zero-order chi connectivity index (χ0) is 14.5. The van der Waals surface area contributed by atoms with Crippen LogP contribution in [0.1, 0.15) is 11.1 Å². The molecule has 0 aliphatic heterocycles. The first kappa shape index (κ1) is 14.3. The van der Waals surface area contributed by atoms with Crippen LogP contribution in [0.3, 0.4) is 0 Å². The number of nitrogens with one attached hydrogen (secondary N) is 1. The van der Waals surface area contributed by atoms with E-state index in [9.17, 15) is 9.18 Å². The fourth-order valence-electron chi connectivity index (χ4n) is 1.71. The topological polar surface area (TPSA) is 29.1 Å². The molecule has 2 aromatic carbocycles. The first-order chi connectivity index (χ1) is 9.54. The van der Waals surface area contributed by atoms with E-state index in [1.54, 1.807) is 6.08 Å². The standard InChI is InChI=1S/C16H13ClFNO/c1-11-3-2-4-12(9-11)5-8-16(20)19-15-7-6-13(18)10-14(15)17/h2-10H,1H3,(H,19,20)/b8-5+. The van der Waals surface area contributed by atoms with Gasteiger partial charge in [0.15, 0.2) is 0 Å². The Morgan fingerprint density at radius 1 is 1.25 bits per heavy atom. The molecule has 0 heterocycles. The summed E-state index contributed by atoms with van der Waals surface area (Å²) in [6, 6.07) is 11.6. The van der Waals surface area contributed by atoms with Gasteiger partial charge in [-0.25, -0.2) is 4.39 Å². The van der Waals surface area contributed by atoms with Crippen molar-refractivity contribution in [3.05, 3.63) is 70.5 Å². The number of aryl methyl sites for hydroxylation is 1. The van der Waals surface area contributed by atoms with E-state index < -0.39 is 5.82 Å². The Kier molecular flexibility index (Phi) is 4.53. The third-order valence-corrected chi connectivity index (χ3v) is 2.97. The van der Waals surface area contributed by atoms with Gasteiger partial charge in [0.1, 0.15) is 5.82 Å². The van der Waals surface area contributed by atoms with Gasteiger partial charge in [-0.05, 0) is 36.8 Å². The minimum Gasteiger partial charge on any atom is -0.321 e. The van der Waals surface area contributed by atoms with E-state index in [0.29, 0.717) is 5.69 Å². The molecule has 0 saturated heterocycles. The summed E-state index contributed by atoms with van der Waals surface area (Å²) in [6.45, 7) is 1.98. The van der Waals surface area contributed by atoms with E-state index in [2.05, 4.69) is 5.32 Å². The lowest BCUT2D eigenvalue weighted by molar-refractivity contribution is -0.111. The summed E-state index contributed by atoms with van der Waals surface area (Å²) >= 11 is 5.83. The SMILES string of the molecule is Cc1cccc(/C=C/C(=O)Nc2ccc(F)cc2Cl)c1. The van der Waals surface area contributed by atoms with Crippen molar-refractivity contribution in [2.45, 2.75) is 6.92 Å². The van der Waals surface area contributed by atoms with Gasteiger partial charge in [0.25, 0.3) is 0 Å². The molecule has 102 valence electrons. The average molecular weight is 290 g/mol. The smallest absolute Gasteiger partial charge is 0.248 e. The third kappa shape index (κ3) is 3.93. The summed E-state index contributed by atoms with van der Waals surface area (Å²) in [4.78, 5) is 11.8. The average Bonchev–Trinajstić information content (AvgIpc) is 2.40. The molecule has 2 aromatic rings. The predicted octanol–water partition coefficient (Wildman–Crippen LogP) is 4.44. The highest BCUT2D eigenvalue weighted by Crippen LogP contribution is 2.22. The second-order valence-corrected chi connectivity index (χ2v) is 4.77. The molecule has 1 N–H and O–H groups in total. The number of rotatable bonds is 3. The Bertz CT molecular complexity index is 667. The van der Waals surface area contributed by atoms with Gasteiger partial charge >= 0.3 is 0 Å². The van der Waals surface area contributed by atoms with Gasteiger partial charge in [0.2, 0.25) is 5.91 Å². The van der Waals surface area contributed by atoms with E-state index in [0.717, 1.165) is 17.2 Å². The van der Waals surface area contributed by atoms with Gasteiger partial charge < -0.3 is 5.32 Å². The predicted molar refractivity (Wildman–Crippen MR) is 80.3 cm³/mol. The summed E-state index contributed by atoms with van der Waals surface area (Å²) < 4.78 is 12.9. The lowest BCUT2D eigenvalue weighted by Crippen LogP contribution is -2.08. The zero-order valence-electron chi connectivity index (χ0n) is 10.9. The van der Waals surface area contributed by atoms with Crippen molar-refractivity contribution in [1.29, 1.82) is 0 Å². The van der Waals surface area contributed by atoms with E-state index >= 15 is 0 Å². The third-order valence-electron chi connectivity index (χ3n) is 2.66. The molecule has 0 aliphatic carbocycles. The van der Waals surface area contributed by atoms with Gasteiger partial charge in [-0.3, -0.25) is 4.79 Å². The molecule has 2 nitrogen and oxygen atoms in total. The first-order valence-corrected chi connectivity index (χ1v) is 6.43. The molecule has 4 heteroatoms. The van der Waals surface area contributed by atoms with Crippen molar-refractivity contribution >= 4 is 29.3 Å². The molecule has 0 radical (unpaired) electrons. The van der Waals surface area contributed by atoms with Gasteiger partial charge in [-0.1, -0.05) is 41.4 Å². The summed E-state index contributed by atoms with van der Waals surface area (Å²) in [6.07, 6.45) is 3.12. The highest BCUT2D eigenvalue weighted by atomic mass is 35.5. The lowest BCUT2D eigenvalue weighted by Gasteiger charge is -2.04. The number of carbonyl (C=O) groups excluding carboxylic acids is 1. The van der Waals surface area contributed by atoms with Crippen LogP contribution in [0.25, 0.3) is 6.08 Å². The summed E-state index contributed by atoms with van der Waals surface area (Å²) in [5, 5.41) is 2.77. The maximum atomic E-state index is 12.9. The van der Waals surface area contributed by atoms with Gasteiger partial charge in [0.05, 0.1) is 10.7 Å². The minimum atomic E-state index is -0.441. The Morgan fingerprint density at radius 2 is 2.05 bits per heavy atom. The Morgan fingerprint density at radius 3 is 2.75 bits per heavy atom. The molecular weight excluding hydrogens is 277 g/mol. The molecule has 0 aromatic heterocycles. The molecule has 1 amide bonds. The van der Waals surface area contributed by atoms with E-state index in [4.69, 9.17) is 11.6 Å². The van der Waals surface area contributed by atoms with Gasteiger partial charge in [-0.2, -0.15) is 0 Å². The van der Waals surface area contributed by atoms with Crippen LogP contribution < -0.4 is 5.32 Å². The normalized spacial score (nSPS) is 10.8. The monoisotopic (exact) mass is 289 g/mol. The summed E-state index contributed by atoms with van der Waals surface area (Å²) in [5.74, 6) is -0.761. The molecule has 0 aliphatic rings. The maximum absolute atomic E-state index is 12.9. The number of amides is 1. The molecule has 0 spiro atoms. The lowest BCUT2D eigenvalue weighted by atomic mass is 10.1. The van der Waals surface area contributed by atoms with Crippen molar-refractivity contribution in [1.82, 2.24) is 0 Å². The molecule has 0 bridgehead atoms. The van der Waals surface area contributed by atoms with E-state index in [1.165, 1.54) is 18.2 Å². The molecule has 0 atom stereocenters. The molecule has 0 saturated carbocycles. The number of carbonyl (C=O) groups is 1. The molecule has 0 fully saturated rings. The van der Waals surface area contributed by atoms with Crippen LogP contribution in [0.5, 0.6) is 0 Å². The number of hydrogen-bond acceptors (Lipinski definition) is 1. The highest BCUT2D eigenvalue weighted by molar-refractivity contribution is 6.33. The van der Waals surface area contributed by atoms with Gasteiger partial charge in [-0.15, -0.1) is 0 Å². The van der Waals surface area contributed by atoms with Crippen LogP contribution in [-0.4, -0.2) is 5.91 Å². The number of hydrogen-bond donors (Lipinski definition) is 1. The number of anilines is 1. The van der Waals surface area contributed by atoms with Crippen molar-refractivity contribution in [3.63, 3.8) is 0 Å². The van der Waals surface area contributed by atoms with Crippen molar-refractivity contribution in [3.8, 4) is 0 Å². The van der Waals surface area contributed by atoms with Crippen LogP contribution in [0.4, 0.5) is 10.1 Å². The Hall–Kier alpha value is -2.13. The molecule has 20 heavy (non-hydrogen) atoms. The summed E-state index contributed by atoms with van der Waals surface area (Å²) in [7, 11) is 0. The first-order valence-electron chi connectivity index (χ1n) is 6.05. The van der Waals surface area contributed by atoms with Crippen molar-refractivity contribution < 1.29 is 9.18 Å². The molecule has 0 unspecified atom stereocenters. The minimum absolute atomic E-state index is 0.169. The highest BCUT2D eigenvalue weighted by Gasteiger charge is 2.04.